The Labute approximate surface area is 86.0 Å². The minimum absolute atomic E-state index is 0.729. The number of nitrogens with one attached hydrogen (secondary N) is 1. The lowest BCUT2D eigenvalue weighted by Gasteiger charge is -2.04. The first kappa shape index (κ1) is 11.1. The van der Waals surface area contributed by atoms with Gasteiger partial charge in [-0.15, -0.1) is 0 Å². The predicted octanol–water partition coefficient (Wildman–Crippen LogP) is 2.93. The summed E-state index contributed by atoms with van der Waals surface area (Å²) in [4.78, 5) is 0. The number of furan rings is 1. The van der Waals surface area contributed by atoms with Gasteiger partial charge in [0.2, 0.25) is 0 Å². The van der Waals surface area contributed by atoms with Gasteiger partial charge in [0.05, 0.1) is 12.5 Å². The summed E-state index contributed by atoms with van der Waals surface area (Å²) >= 11 is 0. The van der Waals surface area contributed by atoms with Gasteiger partial charge in [0.1, 0.15) is 0 Å². The third kappa shape index (κ3) is 4.87. The van der Waals surface area contributed by atoms with Crippen LogP contribution >= 0.6 is 0 Å². The van der Waals surface area contributed by atoms with Gasteiger partial charge in [0, 0.05) is 5.56 Å². The second-order valence-electron chi connectivity index (χ2n) is 3.85. The van der Waals surface area contributed by atoms with E-state index in [0.717, 1.165) is 31.0 Å². The second-order valence-corrected chi connectivity index (χ2v) is 3.85. The third-order valence-corrected chi connectivity index (χ3v) is 1.89. The van der Waals surface area contributed by atoms with Crippen molar-refractivity contribution in [3.8, 4) is 0 Å². The predicted molar refractivity (Wildman–Crippen MR) is 60.1 cm³/mol. The van der Waals surface area contributed by atoms with E-state index in [1.165, 1.54) is 0 Å². The molecule has 2 nitrogen and oxygen atoms in total. The van der Waals surface area contributed by atoms with E-state index < -0.39 is 0 Å². The summed E-state index contributed by atoms with van der Waals surface area (Å²) < 4.78 is 4.96. The van der Waals surface area contributed by atoms with Crippen molar-refractivity contribution in [3.05, 3.63) is 30.2 Å². The van der Waals surface area contributed by atoms with Crippen molar-refractivity contribution in [3.63, 3.8) is 0 Å². The molecule has 0 aromatic carbocycles. The lowest BCUT2D eigenvalue weighted by atomic mass is 10.2. The molecule has 1 aromatic rings. The Kier molecular flexibility index (Phi) is 5.08. The maximum Gasteiger partial charge on any atom is 0.0974 e. The lowest BCUT2D eigenvalue weighted by molar-refractivity contribution is 0.557. The summed E-state index contributed by atoms with van der Waals surface area (Å²) in [5.74, 6) is 0.729. The van der Waals surface area contributed by atoms with Gasteiger partial charge in [0.15, 0.2) is 0 Å². The van der Waals surface area contributed by atoms with E-state index in [1.54, 1.807) is 12.5 Å². The maximum atomic E-state index is 4.96. The molecule has 0 atom stereocenters. The van der Waals surface area contributed by atoms with Gasteiger partial charge >= 0.3 is 0 Å². The Balaban J connectivity index is 2.04. The first-order valence-electron chi connectivity index (χ1n) is 5.18. The zero-order valence-electron chi connectivity index (χ0n) is 8.99. The minimum atomic E-state index is 0.729. The van der Waals surface area contributed by atoms with Crippen molar-refractivity contribution in [2.45, 2.75) is 20.3 Å². The molecule has 0 aliphatic carbocycles. The van der Waals surface area contributed by atoms with Crippen molar-refractivity contribution in [1.29, 1.82) is 0 Å². The van der Waals surface area contributed by atoms with E-state index in [-0.39, 0.29) is 0 Å². The molecule has 14 heavy (non-hydrogen) atoms. The lowest BCUT2D eigenvalue weighted by Crippen LogP contribution is -2.20. The van der Waals surface area contributed by atoms with Crippen LogP contribution in [0.5, 0.6) is 0 Å². The molecule has 0 saturated carbocycles. The van der Waals surface area contributed by atoms with E-state index in [2.05, 4.69) is 31.3 Å². The first-order chi connectivity index (χ1) is 6.79. The van der Waals surface area contributed by atoms with Crippen LogP contribution in [0, 0.1) is 5.92 Å². The average Bonchev–Trinajstić information content (AvgIpc) is 2.63. The highest BCUT2D eigenvalue weighted by molar-refractivity contribution is 5.46. The summed E-state index contributed by atoms with van der Waals surface area (Å²) in [6, 6.07) is 1.96. The molecule has 0 saturated heterocycles. The second kappa shape index (κ2) is 6.44. The molecule has 0 unspecified atom stereocenters. The molecule has 0 radical (unpaired) electrons. The van der Waals surface area contributed by atoms with E-state index in [9.17, 15) is 0 Å². The Morgan fingerprint density at radius 2 is 2.36 bits per heavy atom. The van der Waals surface area contributed by atoms with E-state index in [0.29, 0.717) is 0 Å². The van der Waals surface area contributed by atoms with E-state index in [4.69, 9.17) is 4.42 Å². The van der Waals surface area contributed by atoms with Crippen molar-refractivity contribution in [1.82, 2.24) is 5.32 Å². The van der Waals surface area contributed by atoms with Gasteiger partial charge in [-0.2, -0.15) is 0 Å². The van der Waals surface area contributed by atoms with Gasteiger partial charge in [-0.3, -0.25) is 0 Å². The highest BCUT2D eigenvalue weighted by Gasteiger charge is 1.90. The number of hydrogen-bond acceptors (Lipinski definition) is 2. The molecule has 1 aromatic heterocycles. The van der Waals surface area contributed by atoms with Crippen LogP contribution in [0.25, 0.3) is 6.08 Å². The molecule has 78 valence electrons. The largest absolute Gasteiger partial charge is 0.472 e. The fourth-order valence-corrected chi connectivity index (χ4v) is 1.17. The number of rotatable bonds is 6. The first-order valence-corrected chi connectivity index (χ1v) is 5.18. The fourth-order valence-electron chi connectivity index (χ4n) is 1.17. The normalized spacial score (nSPS) is 11.6. The molecule has 0 aliphatic rings. The molecule has 0 bridgehead atoms. The summed E-state index contributed by atoms with van der Waals surface area (Å²) in [7, 11) is 0. The maximum absolute atomic E-state index is 4.96. The molecule has 0 spiro atoms. The van der Waals surface area contributed by atoms with Crippen LogP contribution in [0.3, 0.4) is 0 Å². The Hall–Kier alpha value is -1.02. The van der Waals surface area contributed by atoms with Gasteiger partial charge in [-0.05, 0) is 31.5 Å². The van der Waals surface area contributed by atoms with Crippen LogP contribution in [0.2, 0.25) is 0 Å². The van der Waals surface area contributed by atoms with Crippen molar-refractivity contribution >= 4 is 6.08 Å². The molecule has 1 rings (SSSR count). The van der Waals surface area contributed by atoms with Crippen molar-refractivity contribution < 1.29 is 4.42 Å². The Morgan fingerprint density at radius 1 is 1.50 bits per heavy atom. The van der Waals surface area contributed by atoms with Crippen LogP contribution in [-0.2, 0) is 0 Å². The van der Waals surface area contributed by atoms with Crippen LogP contribution < -0.4 is 5.32 Å². The van der Waals surface area contributed by atoms with E-state index >= 15 is 0 Å². The van der Waals surface area contributed by atoms with Crippen LogP contribution in [0.15, 0.2) is 29.1 Å². The van der Waals surface area contributed by atoms with Gasteiger partial charge in [-0.1, -0.05) is 26.0 Å². The standard InChI is InChI=1S/C12H19NO/c1-11(2)9-13-7-4-3-5-12-6-8-14-10-12/h3,5-6,8,10-11,13H,4,7,9H2,1-2H3. The number of hydrogen-bond donors (Lipinski definition) is 1. The zero-order chi connectivity index (χ0) is 10.2. The monoisotopic (exact) mass is 193 g/mol. The average molecular weight is 193 g/mol. The van der Waals surface area contributed by atoms with Crippen molar-refractivity contribution in [2.75, 3.05) is 13.1 Å². The third-order valence-electron chi connectivity index (χ3n) is 1.89. The summed E-state index contributed by atoms with van der Waals surface area (Å²) in [5, 5.41) is 3.39. The van der Waals surface area contributed by atoms with Gasteiger partial charge < -0.3 is 9.73 Å². The van der Waals surface area contributed by atoms with Crippen LogP contribution in [0.4, 0.5) is 0 Å². The molecule has 2 heteroatoms. The summed E-state index contributed by atoms with van der Waals surface area (Å²) in [6.07, 6.45) is 8.76. The Bertz CT molecular complexity index is 249. The SMILES string of the molecule is CC(C)CNCCC=Cc1ccoc1. The molecular formula is C12H19NO. The molecule has 1 heterocycles. The van der Waals surface area contributed by atoms with Crippen molar-refractivity contribution in [2.24, 2.45) is 5.92 Å². The van der Waals surface area contributed by atoms with Gasteiger partial charge in [-0.25, -0.2) is 0 Å². The van der Waals surface area contributed by atoms with Gasteiger partial charge in [0.25, 0.3) is 0 Å². The summed E-state index contributed by atoms with van der Waals surface area (Å²) in [5.41, 5.74) is 1.13. The smallest absolute Gasteiger partial charge is 0.0974 e. The molecular weight excluding hydrogens is 174 g/mol. The molecule has 0 aliphatic heterocycles. The fraction of sp³-hybridized carbons (Fsp3) is 0.500. The van der Waals surface area contributed by atoms with Crippen LogP contribution in [0.1, 0.15) is 25.8 Å². The van der Waals surface area contributed by atoms with Crippen LogP contribution in [-0.4, -0.2) is 13.1 Å². The highest BCUT2D eigenvalue weighted by atomic mass is 16.3. The Morgan fingerprint density at radius 3 is 3.00 bits per heavy atom. The zero-order valence-corrected chi connectivity index (χ0v) is 8.99. The van der Waals surface area contributed by atoms with E-state index in [1.807, 2.05) is 6.07 Å². The molecule has 0 fully saturated rings. The highest BCUT2D eigenvalue weighted by Crippen LogP contribution is 2.02. The topological polar surface area (TPSA) is 25.2 Å². The minimum Gasteiger partial charge on any atom is -0.472 e. The quantitative estimate of drug-likeness (QED) is 0.703. The molecule has 0 amide bonds. The summed E-state index contributed by atoms with van der Waals surface area (Å²) in [6.45, 7) is 6.58. The molecule has 1 N–H and O–H groups in total.